The quantitative estimate of drug-likeness (QED) is 0.346. The molecule has 0 aliphatic heterocycles. The van der Waals surface area contributed by atoms with Crippen molar-refractivity contribution in [2.45, 2.75) is 18.7 Å². The van der Waals surface area contributed by atoms with Crippen molar-refractivity contribution < 1.29 is 27.8 Å². The lowest BCUT2D eigenvalue weighted by molar-refractivity contribution is -0.119. The maximum Gasteiger partial charge on any atom is 0.264 e. The second-order valence-corrected chi connectivity index (χ2v) is 9.59. The van der Waals surface area contributed by atoms with Crippen LogP contribution in [-0.2, 0) is 14.8 Å². The number of nitrogens with one attached hydrogen (secondary N) is 1. The van der Waals surface area contributed by atoms with Crippen molar-refractivity contribution in [1.82, 2.24) is 5.43 Å². The molecule has 3 aromatic rings. The number of amides is 1. The highest BCUT2D eigenvalue weighted by Crippen LogP contribution is 2.33. The molecular weight excluding hydrogens is 470 g/mol. The van der Waals surface area contributed by atoms with Gasteiger partial charge in [-0.1, -0.05) is 23.8 Å². The maximum atomic E-state index is 13.6. The number of hydrogen-bond acceptors (Lipinski definition) is 7. The minimum absolute atomic E-state index is 0.0299. The predicted molar refractivity (Wildman–Crippen MR) is 134 cm³/mol. The van der Waals surface area contributed by atoms with Crippen molar-refractivity contribution >= 4 is 27.8 Å². The largest absolute Gasteiger partial charge is 0.504 e. The first-order valence-corrected chi connectivity index (χ1v) is 12.0. The number of methoxy groups -OCH3 is 2. The number of benzene rings is 3. The first kappa shape index (κ1) is 25.6. The molecule has 1 amide bonds. The molecule has 3 aromatic carbocycles. The molecule has 0 atom stereocenters. The summed E-state index contributed by atoms with van der Waals surface area (Å²) in [5.41, 5.74) is 4.84. The van der Waals surface area contributed by atoms with Crippen LogP contribution in [0.2, 0.25) is 0 Å². The van der Waals surface area contributed by atoms with Crippen molar-refractivity contribution in [3.8, 4) is 17.2 Å². The van der Waals surface area contributed by atoms with E-state index >= 15 is 0 Å². The molecule has 0 fully saturated rings. The monoisotopic (exact) mass is 497 g/mol. The summed E-state index contributed by atoms with van der Waals surface area (Å²) in [5, 5.41) is 13.6. The van der Waals surface area contributed by atoms with Crippen molar-refractivity contribution in [3.63, 3.8) is 0 Å². The highest BCUT2D eigenvalue weighted by Gasteiger charge is 2.29. The van der Waals surface area contributed by atoms with Crippen LogP contribution in [0.5, 0.6) is 17.2 Å². The number of rotatable bonds is 9. The molecule has 9 nitrogen and oxygen atoms in total. The number of aryl methyl sites for hydroxylation is 2. The highest BCUT2D eigenvalue weighted by molar-refractivity contribution is 7.92. The normalized spacial score (nSPS) is 11.3. The van der Waals surface area contributed by atoms with Crippen molar-refractivity contribution in [1.29, 1.82) is 0 Å². The van der Waals surface area contributed by atoms with Crippen molar-refractivity contribution in [2.24, 2.45) is 5.10 Å². The van der Waals surface area contributed by atoms with Crippen LogP contribution in [0.15, 0.2) is 70.7 Å². The summed E-state index contributed by atoms with van der Waals surface area (Å²) < 4.78 is 38.6. The van der Waals surface area contributed by atoms with Crippen molar-refractivity contribution in [2.75, 3.05) is 25.1 Å². The molecule has 10 heteroatoms. The van der Waals surface area contributed by atoms with Gasteiger partial charge in [0.25, 0.3) is 15.9 Å². The van der Waals surface area contributed by atoms with Gasteiger partial charge in [0.2, 0.25) is 0 Å². The number of phenols is 1. The molecule has 0 saturated heterocycles. The lowest BCUT2D eigenvalue weighted by Gasteiger charge is -2.25. The molecule has 0 heterocycles. The van der Waals surface area contributed by atoms with E-state index < -0.39 is 22.5 Å². The van der Waals surface area contributed by atoms with Gasteiger partial charge in [-0.15, -0.1) is 0 Å². The van der Waals surface area contributed by atoms with Crippen LogP contribution >= 0.6 is 0 Å². The molecule has 35 heavy (non-hydrogen) atoms. The average molecular weight is 498 g/mol. The highest BCUT2D eigenvalue weighted by atomic mass is 32.2. The number of hydrazone groups is 1. The number of carbonyl (C=O) groups is 1. The molecule has 0 spiro atoms. The smallest absolute Gasteiger partial charge is 0.264 e. The summed E-state index contributed by atoms with van der Waals surface area (Å²) >= 11 is 0. The zero-order valence-corrected chi connectivity index (χ0v) is 20.7. The molecule has 0 bridgehead atoms. The molecule has 0 aromatic heterocycles. The van der Waals surface area contributed by atoms with Gasteiger partial charge in [-0.2, -0.15) is 5.10 Å². The minimum Gasteiger partial charge on any atom is -0.504 e. The van der Waals surface area contributed by atoms with Gasteiger partial charge in [-0.25, -0.2) is 13.8 Å². The number of carbonyl (C=O) groups excluding carboxylic acids is 1. The molecule has 0 aliphatic rings. The van der Waals surface area contributed by atoms with Gasteiger partial charge in [-0.05, 0) is 67.4 Å². The van der Waals surface area contributed by atoms with Gasteiger partial charge in [0, 0.05) is 0 Å². The zero-order chi connectivity index (χ0) is 25.6. The maximum absolute atomic E-state index is 13.6. The Morgan fingerprint density at radius 3 is 2.29 bits per heavy atom. The molecular formula is C25H27N3O6S. The van der Waals surface area contributed by atoms with E-state index in [1.54, 1.807) is 36.4 Å². The summed E-state index contributed by atoms with van der Waals surface area (Å²) in [6, 6.07) is 16.0. The van der Waals surface area contributed by atoms with E-state index in [0.29, 0.717) is 11.3 Å². The molecule has 0 saturated carbocycles. The van der Waals surface area contributed by atoms with Gasteiger partial charge >= 0.3 is 0 Å². The van der Waals surface area contributed by atoms with E-state index in [2.05, 4.69) is 10.5 Å². The Bertz CT molecular complexity index is 1340. The Kier molecular flexibility index (Phi) is 7.98. The second kappa shape index (κ2) is 10.9. The standard InChI is InChI=1S/C25H27N3O6S/c1-17-5-9-20(10-6-17)35(31,32)28(21-13-18(2)7-12-23(21)33-3)16-25(30)27-26-15-19-8-11-22(29)24(14-19)34-4/h5-15,29H,16H2,1-4H3,(H,27,30)/b26-15-. The van der Waals surface area contributed by atoms with Crippen molar-refractivity contribution in [3.05, 3.63) is 77.4 Å². The Hall–Kier alpha value is -4.05. The van der Waals surface area contributed by atoms with E-state index in [9.17, 15) is 18.3 Å². The first-order chi connectivity index (χ1) is 16.6. The van der Waals surface area contributed by atoms with E-state index in [4.69, 9.17) is 9.47 Å². The van der Waals surface area contributed by atoms with Crippen LogP contribution in [0, 0.1) is 13.8 Å². The first-order valence-electron chi connectivity index (χ1n) is 10.6. The number of ether oxygens (including phenoxy) is 2. The molecule has 0 aliphatic carbocycles. The zero-order valence-electron chi connectivity index (χ0n) is 19.8. The van der Waals surface area contributed by atoms with Gasteiger partial charge in [0.05, 0.1) is 31.0 Å². The Morgan fingerprint density at radius 2 is 1.63 bits per heavy atom. The summed E-state index contributed by atoms with van der Waals surface area (Å²) in [5.74, 6) is -0.134. The fraction of sp³-hybridized carbons (Fsp3) is 0.200. The number of phenolic OH excluding ortho intramolecular Hbond substituents is 1. The number of sulfonamides is 1. The number of hydrogen-bond donors (Lipinski definition) is 2. The van der Waals surface area contributed by atoms with Gasteiger partial charge in [0.1, 0.15) is 12.3 Å². The number of aromatic hydroxyl groups is 1. The second-order valence-electron chi connectivity index (χ2n) is 7.72. The van der Waals surface area contributed by atoms with E-state index in [-0.39, 0.29) is 22.1 Å². The molecule has 0 unspecified atom stereocenters. The van der Waals surface area contributed by atoms with Crippen LogP contribution in [0.1, 0.15) is 16.7 Å². The third-order valence-electron chi connectivity index (χ3n) is 5.11. The topological polar surface area (TPSA) is 118 Å². The predicted octanol–water partition coefficient (Wildman–Crippen LogP) is 3.37. The third kappa shape index (κ3) is 6.10. The molecule has 3 rings (SSSR count). The Balaban J connectivity index is 1.90. The van der Waals surface area contributed by atoms with E-state index in [0.717, 1.165) is 15.4 Å². The van der Waals surface area contributed by atoms with Gasteiger partial charge in [0.15, 0.2) is 11.5 Å². The van der Waals surface area contributed by atoms with E-state index in [1.807, 2.05) is 13.8 Å². The molecule has 184 valence electrons. The Morgan fingerprint density at radius 1 is 0.971 bits per heavy atom. The fourth-order valence-electron chi connectivity index (χ4n) is 3.25. The SMILES string of the molecule is COc1cc(/C=N\NC(=O)CN(c2cc(C)ccc2OC)S(=O)(=O)c2ccc(C)cc2)ccc1O. The number of anilines is 1. The lowest BCUT2D eigenvalue weighted by Crippen LogP contribution is -2.39. The van der Waals surface area contributed by atoms with Crippen LogP contribution < -0.4 is 19.2 Å². The van der Waals surface area contributed by atoms with Crippen LogP contribution in [0.25, 0.3) is 0 Å². The summed E-state index contributed by atoms with van der Waals surface area (Å²) in [4.78, 5) is 12.8. The molecule has 2 N–H and O–H groups in total. The van der Waals surface area contributed by atoms with Gasteiger partial charge in [-0.3, -0.25) is 9.10 Å². The minimum atomic E-state index is -4.11. The van der Waals surface area contributed by atoms with Gasteiger partial charge < -0.3 is 14.6 Å². The van der Waals surface area contributed by atoms with Crippen LogP contribution in [0.4, 0.5) is 5.69 Å². The third-order valence-corrected chi connectivity index (χ3v) is 6.88. The fourth-order valence-corrected chi connectivity index (χ4v) is 4.67. The van der Waals surface area contributed by atoms with E-state index in [1.165, 1.54) is 44.7 Å². The average Bonchev–Trinajstić information content (AvgIpc) is 2.83. The van der Waals surface area contributed by atoms with Crippen LogP contribution in [-0.4, -0.2) is 46.4 Å². The summed E-state index contributed by atoms with van der Waals surface area (Å²) in [7, 11) is -1.26. The Labute approximate surface area is 204 Å². The lowest BCUT2D eigenvalue weighted by atomic mass is 10.2. The van der Waals surface area contributed by atoms with Crippen LogP contribution in [0.3, 0.4) is 0 Å². The number of nitrogens with zero attached hydrogens (tertiary/aromatic N) is 2. The molecule has 0 radical (unpaired) electrons. The summed E-state index contributed by atoms with van der Waals surface area (Å²) in [6.45, 7) is 3.13. The summed E-state index contributed by atoms with van der Waals surface area (Å²) in [6.07, 6.45) is 1.35.